The normalized spacial score (nSPS) is 25.8. The number of anilines is 1. The zero-order chi connectivity index (χ0) is 19.0. The molecule has 4 N–H and O–H groups in total. The van der Waals surface area contributed by atoms with Gasteiger partial charge in [-0.1, -0.05) is 0 Å². The Morgan fingerprint density at radius 3 is 2.72 bits per heavy atom. The molecule has 2 heterocycles. The summed E-state index contributed by atoms with van der Waals surface area (Å²) in [6.45, 7) is 0.132. The van der Waals surface area contributed by atoms with Crippen LogP contribution in [0.3, 0.4) is 0 Å². The summed E-state index contributed by atoms with van der Waals surface area (Å²) in [5.41, 5.74) is -1.19. The lowest BCUT2D eigenvalue weighted by Gasteiger charge is -2.21. The fourth-order valence-corrected chi connectivity index (χ4v) is 2.46. The van der Waals surface area contributed by atoms with Gasteiger partial charge in [0, 0.05) is 13.1 Å². The standard InChI is InChI=1S/C11H14F2N3O8P/c1-5(17)14-7-2-3-16(10(19)15-7)9-11(12,13)8(18)6(24-9)4-23-25(20,21)22/h2-3,6,8-9,18H,4H2,1H3,(H2,20,21,22)(H,14,15,17,19)/t6-,8?,9-/m1/s1. The van der Waals surface area contributed by atoms with Gasteiger partial charge in [0.25, 0.3) is 0 Å². The van der Waals surface area contributed by atoms with E-state index in [1.165, 1.54) is 0 Å². The van der Waals surface area contributed by atoms with Gasteiger partial charge in [0.05, 0.1) is 6.61 Å². The predicted molar refractivity (Wildman–Crippen MR) is 75.7 cm³/mol. The first-order chi connectivity index (χ1) is 11.4. The van der Waals surface area contributed by atoms with Crippen molar-refractivity contribution >= 4 is 19.5 Å². The maximum Gasteiger partial charge on any atom is 0.469 e. The number of alkyl halides is 2. The second-order valence-corrected chi connectivity index (χ2v) is 6.36. The van der Waals surface area contributed by atoms with Crippen molar-refractivity contribution in [3.63, 3.8) is 0 Å². The molecule has 2 rings (SSSR count). The highest BCUT2D eigenvalue weighted by molar-refractivity contribution is 7.46. The summed E-state index contributed by atoms with van der Waals surface area (Å²) in [6, 6.07) is 1.06. The minimum absolute atomic E-state index is 0.169. The Kier molecular flexibility index (Phi) is 5.37. The van der Waals surface area contributed by atoms with E-state index in [0.29, 0.717) is 4.57 Å². The SMILES string of the molecule is CC(=O)Nc1ccn([C@@H]2O[C@H](COP(=O)(O)O)C(O)C2(F)F)c(=O)n1. The maximum absolute atomic E-state index is 14.2. The van der Waals surface area contributed by atoms with Gasteiger partial charge in [-0.3, -0.25) is 13.9 Å². The van der Waals surface area contributed by atoms with Crippen LogP contribution in [0, 0.1) is 0 Å². The summed E-state index contributed by atoms with van der Waals surface area (Å²) in [6.07, 6.45) is -5.68. The molecule has 1 aromatic heterocycles. The zero-order valence-corrected chi connectivity index (χ0v) is 13.5. The van der Waals surface area contributed by atoms with Gasteiger partial charge in [0.1, 0.15) is 11.9 Å². The molecule has 1 saturated heterocycles. The van der Waals surface area contributed by atoms with E-state index in [-0.39, 0.29) is 5.82 Å². The molecule has 0 spiro atoms. The molecule has 1 fully saturated rings. The Bertz CT molecular complexity index is 766. The van der Waals surface area contributed by atoms with Crippen LogP contribution in [0.15, 0.2) is 17.1 Å². The highest BCUT2D eigenvalue weighted by Gasteiger charge is 2.60. The van der Waals surface area contributed by atoms with Crippen molar-refractivity contribution in [1.29, 1.82) is 0 Å². The van der Waals surface area contributed by atoms with Crippen LogP contribution in [0.1, 0.15) is 13.2 Å². The molecule has 1 unspecified atom stereocenters. The number of amides is 1. The summed E-state index contributed by atoms with van der Waals surface area (Å²) in [5.74, 6) is -4.67. The molecule has 1 aliphatic rings. The first-order valence-corrected chi connectivity index (χ1v) is 8.23. The number of carbonyl (C=O) groups is 1. The Balaban J connectivity index is 2.25. The molecule has 1 amide bonds. The molecule has 0 aromatic carbocycles. The van der Waals surface area contributed by atoms with Gasteiger partial charge in [0.15, 0.2) is 6.10 Å². The number of nitrogens with zero attached hydrogens (tertiary/aromatic N) is 2. The van der Waals surface area contributed by atoms with Gasteiger partial charge in [-0.05, 0) is 6.07 Å². The molecule has 25 heavy (non-hydrogen) atoms. The fraction of sp³-hybridized carbons (Fsp3) is 0.545. The molecule has 14 heteroatoms. The van der Waals surface area contributed by atoms with Gasteiger partial charge < -0.3 is 24.9 Å². The average Bonchev–Trinajstić information content (AvgIpc) is 2.67. The molecule has 0 radical (unpaired) electrons. The molecule has 1 aliphatic heterocycles. The second-order valence-electron chi connectivity index (χ2n) is 5.12. The minimum atomic E-state index is -4.96. The maximum atomic E-state index is 14.2. The quantitative estimate of drug-likeness (QED) is 0.476. The van der Waals surface area contributed by atoms with Crippen molar-refractivity contribution in [1.82, 2.24) is 9.55 Å². The number of nitrogens with one attached hydrogen (secondary N) is 1. The predicted octanol–water partition coefficient (Wildman–Crippen LogP) is -0.795. The van der Waals surface area contributed by atoms with E-state index in [9.17, 15) is 28.0 Å². The van der Waals surface area contributed by atoms with E-state index >= 15 is 0 Å². The summed E-state index contributed by atoms with van der Waals surface area (Å²) < 4.78 is 48.2. The molecule has 0 saturated carbocycles. The number of halogens is 2. The number of hydrogen-bond donors (Lipinski definition) is 4. The lowest BCUT2D eigenvalue weighted by molar-refractivity contribution is -0.140. The molecule has 0 bridgehead atoms. The van der Waals surface area contributed by atoms with Crippen molar-refractivity contribution in [2.24, 2.45) is 0 Å². The van der Waals surface area contributed by atoms with Crippen LogP contribution in [-0.4, -0.2) is 55.1 Å². The number of aliphatic hydroxyl groups is 1. The Morgan fingerprint density at radius 1 is 1.56 bits per heavy atom. The molecule has 140 valence electrons. The second kappa shape index (κ2) is 6.86. The summed E-state index contributed by atoms with van der Waals surface area (Å²) in [7, 11) is -4.96. The van der Waals surface area contributed by atoms with Gasteiger partial charge >= 0.3 is 19.4 Å². The number of hydrogen-bond acceptors (Lipinski definition) is 7. The highest BCUT2D eigenvalue weighted by Crippen LogP contribution is 2.44. The number of phosphoric ester groups is 1. The van der Waals surface area contributed by atoms with Crippen LogP contribution in [0.4, 0.5) is 14.6 Å². The molecular formula is C11H14F2N3O8P. The molecule has 1 aromatic rings. The Labute approximate surface area is 138 Å². The number of carbonyl (C=O) groups excluding carboxylic acids is 1. The number of ether oxygens (including phenoxy) is 1. The van der Waals surface area contributed by atoms with Crippen molar-refractivity contribution in [2.45, 2.75) is 31.3 Å². The number of aliphatic hydroxyl groups excluding tert-OH is 1. The number of phosphoric acid groups is 1. The van der Waals surface area contributed by atoms with Crippen LogP contribution < -0.4 is 11.0 Å². The first kappa shape index (κ1) is 19.6. The van der Waals surface area contributed by atoms with E-state index in [2.05, 4.69) is 14.8 Å². The van der Waals surface area contributed by atoms with E-state index in [1.54, 1.807) is 0 Å². The van der Waals surface area contributed by atoms with E-state index in [4.69, 9.17) is 14.5 Å². The van der Waals surface area contributed by atoms with Crippen molar-refractivity contribution in [3.05, 3.63) is 22.7 Å². The number of rotatable bonds is 5. The molecular weight excluding hydrogens is 371 g/mol. The van der Waals surface area contributed by atoms with Crippen molar-refractivity contribution in [2.75, 3.05) is 11.9 Å². The summed E-state index contributed by atoms with van der Waals surface area (Å²) in [4.78, 5) is 43.3. The van der Waals surface area contributed by atoms with Crippen LogP contribution in [0.25, 0.3) is 0 Å². The lowest BCUT2D eigenvalue weighted by atomic mass is 10.1. The third-order valence-electron chi connectivity index (χ3n) is 3.17. The van der Waals surface area contributed by atoms with Crippen LogP contribution in [0.5, 0.6) is 0 Å². The molecule has 3 atom stereocenters. The van der Waals surface area contributed by atoms with Gasteiger partial charge in [-0.25, -0.2) is 9.36 Å². The van der Waals surface area contributed by atoms with Crippen molar-refractivity contribution < 1.29 is 42.3 Å². The Hall–Kier alpha value is -1.76. The summed E-state index contributed by atoms with van der Waals surface area (Å²) in [5, 5.41) is 11.8. The van der Waals surface area contributed by atoms with E-state index in [1.807, 2.05) is 0 Å². The first-order valence-electron chi connectivity index (χ1n) is 6.70. The van der Waals surface area contributed by atoms with Gasteiger partial charge in [-0.15, -0.1) is 0 Å². The average molecular weight is 385 g/mol. The van der Waals surface area contributed by atoms with Crippen LogP contribution in [0.2, 0.25) is 0 Å². The smallest absolute Gasteiger partial charge is 0.384 e. The van der Waals surface area contributed by atoms with Gasteiger partial charge in [-0.2, -0.15) is 13.8 Å². The van der Waals surface area contributed by atoms with Crippen LogP contribution in [-0.2, 0) is 18.6 Å². The van der Waals surface area contributed by atoms with Gasteiger partial charge in [0.2, 0.25) is 12.1 Å². The Morgan fingerprint density at radius 2 is 2.20 bits per heavy atom. The third kappa shape index (κ3) is 4.45. The third-order valence-corrected chi connectivity index (χ3v) is 3.66. The zero-order valence-electron chi connectivity index (χ0n) is 12.6. The largest absolute Gasteiger partial charge is 0.469 e. The van der Waals surface area contributed by atoms with Crippen LogP contribution >= 0.6 is 7.82 Å². The number of aromatic nitrogens is 2. The van der Waals surface area contributed by atoms with E-state index in [0.717, 1.165) is 19.2 Å². The fourth-order valence-electron chi connectivity index (χ4n) is 2.12. The lowest BCUT2D eigenvalue weighted by Crippen LogP contribution is -2.42. The topological polar surface area (TPSA) is 160 Å². The monoisotopic (exact) mass is 385 g/mol. The minimum Gasteiger partial charge on any atom is -0.384 e. The summed E-state index contributed by atoms with van der Waals surface area (Å²) >= 11 is 0. The molecule has 11 nitrogen and oxygen atoms in total. The van der Waals surface area contributed by atoms with E-state index < -0.39 is 50.4 Å². The molecule has 0 aliphatic carbocycles. The highest BCUT2D eigenvalue weighted by atomic mass is 31.2. The van der Waals surface area contributed by atoms with Crippen molar-refractivity contribution in [3.8, 4) is 0 Å².